The molecule has 22 heavy (non-hydrogen) atoms. The number of aliphatic hydroxyl groups is 4. The van der Waals surface area contributed by atoms with Crippen molar-refractivity contribution in [3.05, 3.63) is 12.8 Å². The Bertz CT molecular complexity index is 242. The van der Waals surface area contributed by atoms with E-state index >= 15 is 0 Å². The number of rotatable bonds is 4. The minimum atomic E-state index is -1.72. The molecule has 0 aliphatic carbocycles. The molecule has 0 rings (SSSR count). The van der Waals surface area contributed by atoms with Gasteiger partial charge >= 0.3 is 7.32 Å². The lowest BCUT2D eigenvalue weighted by Crippen LogP contribution is -2.44. The highest BCUT2D eigenvalue weighted by Gasteiger charge is 2.32. The fourth-order valence-electron chi connectivity index (χ4n) is 0.0861. The summed E-state index contributed by atoms with van der Waals surface area (Å²) in [6, 6.07) is 0. The largest absolute Gasteiger partial charge is 0.707 e. The Balaban J connectivity index is -0.000000249. The first kappa shape index (κ1) is 26.3. The lowest BCUT2D eigenvalue weighted by atomic mass is 9.90. The predicted octanol–water partition coefficient (Wildman–Crippen LogP) is 0.172. The van der Waals surface area contributed by atoms with E-state index < -0.39 is 29.7 Å². The summed E-state index contributed by atoms with van der Waals surface area (Å²) >= 11 is 0. The quantitative estimate of drug-likeness (QED) is 0.321. The van der Waals surface area contributed by atoms with Crippen LogP contribution in [0.2, 0.25) is 0 Å². The first-order valence-corrected chi connectivity index (χ1v) is 6.79. The lowest BCUT2D eigenvalue weighted by molar-refractivity contribution is -0.107. The van der Waals surface area contributed by atoms with E-state index in [1.165, 1.54) is 0 Å². The van der Waals surface area contributed by atoms with E-state index in [4.69, 9.17) is 30.5 Å². The third-order valence-corrected chi connectivity index (χ3v) is 3.21. The standard InChI is InChI=1S/2C6H14O2.C2H5BO3/c2*1-5(2,7)6(3,4)8;1-2-6-3(4)5/h2*7-8H,1-4H3;2,4-5H,1H2. The number of hydrogen-bond donors (Lipinski definition) is 6. The van der Waals surface area contributed by atoms with Gasteiger partial charge in [-0.3, -0.25) is 0 Å². The first-order chi connectivity index (χ1) is 9.27. The zero-order valence-electron chi connectivity index (χ0n) is 15.0. The second kappa shape index (κ2) is 9.49. The van der Waals surface area contributed by atoms with Crippen LogP contribution in [-0.4, -0.2) is 60.2 Å². The summed E-state index contributed by atoms with van der Waals surface area (Å²) in [7, 11) is -1.72. The molecule has 7 nitrogen and oxygen atoms in total. The summed E-state index contributed by atoms with van der Waals surface area (Å²) < 4.78 is 3.92. The van der Waals surface area contributed by atoms with Crippen molar-refractivity contribution in [1.29, 1.82) is 0 Å². The van der Waals surface area contributed by atoms with Gasteiger partial charge in [-0.25, -0.2) is 0 Å². The first-order valence-electron chi connectivity index (χ1n) is 6.79. The lowest BCUT2D eigenvalue weighted by Gasteiger charge is -2.31. The summed E-state index contributed by atoms with van der Waals surface area (Å²) in [5.74, 6) is 0. The summed E-state index contributed by atoms with van der Waals surface area (Å²) in [4.78, 5) is 0. The van der Waals surface area contributed by atoms with Gasteiger partial charge in [-0.05, 0) is 55.4 Å². The van der Waals surface area contributed by atoms with Gasteiger partial charge in [0, 0.05) is 0 Å². The Morgan fingerprint density at radius 3 is 0.864 bits per heavy atom. The summed E-state index contributed by atoms with van der Waals surface area (Å²) in [5.41, 5.74) is -4.03. The molecule has 0 fully saturated rings. The molecule has 0 aliphatic rings. The van der Waals surface area contributed by atoms with Crippen molar-refractivity contribution in [3.63, 3.8) is 0 Å². The third kappa shape index (κ3) is 15.7. The molecule has 0 spiro atoms. The van der Waals surface area contributed by atoms with Gasteiger partial charge < -0.3 is 35.1 Å². The minimum absolute atomic E-state index is 0.949. The van der Waals surface area contributed by atoms with Crippen LogP contribution in [0.15, 0.2) is 12.8 Å². The molecular weight excluding hydrogens is 291 g/mol. The Morgan fingerprint density at radius 1 is 0.682 bits per heavy atom. The molecule has 0 aliphatic heterocycles. The van der Waals surface area contributed by atoms with Crippen molar-refractivity contribution < 1.29 is 35.1 Å². The predicted molar refractivity (Wildman–Crippen MR) is 86.7 cm³/mol. The topological polar surface area (TPSA) is 131 Å². The molecule has 6 N–H and O–H groups in total. The zero-order valence-corrected chi connectivity index (χ0v) is 15.0. The normalized spacial score (nSPS) is 12.3. The molecule has 8 heteroatoms. The van der Waals surface area contributed by atoms with E-state index in [0.717, 1.165) is 6.26 Å². The maximum Gasteiger partial charge on any atom is 0.707 e. The van der Waals surface area contributed by atoms with Gasteiger partial charge in [-0.1, -0.05) is 6.58 Å². The molecule has 0 aromatic rings. The molecule has 0 unspecified atom stereocenters. The van der Waals surface area contributed by atoms with Crippen molar-refractivity contribution in [2.75, 3.05) is 0 Å². The molecule has 0 heterocycles. The molecule has 0 radical (unpaired) electrons. The number of hydrogen-bond acceptors (Lipinski definition) is 7. The Morgan fingerprint density at radius 2 is 0.864 bits per heavy atom. The maximum absolute atomic E-state index is 9.10. The van der Waals surface area contributed by atoms with Crippen LogP contribution in [0.5, 0.6) is 0 Å². The van der Waals surface area contributed by atoms with E-state index in [-0.39, 0.29) is 0 Å². The van der Waals surface area contributed by atoms with E-state index in [2.05, 4.69) is 11.2 Å². The van der Waals surface area contributed by atoms with Crippen LogP contribution >= 0.6 is 0 Å². The van der Waals surface area contributed by atoms with Crippen molar-refractivity contribution >= 4 is 7.32 Å². The van der Waals surface area contributed by atoms with Gasteiger partial charge in [0.05, 0.1) is 28.7 Å². The summed E-state index contributed by atoms with van der Waals surface area (Å²) in [6.07, 6.45) is 0.949. The zero-order chi connectivity index (χ0) is 19.0. The smallest absolute Gasteiger partial charge is 0.519 e. The molecule has 0 atom stereocenters. The van der Waals surface area contributed by atoms with Crippen molar-refractivity contribution in [3.8, 4) is 0 Å². The monoisotopic (exact) mass is 324 g/mol. The molecule has 0 aromatic heterocycles. The van der Waals surface area contributed by atoms with E-state index in [1.54, 1.807) is 55.4 Å². The summed E-state index contributed by atoms with van der Waals surface area (Å²) in [6.45, 7) is 15.7. The molecule has 0 saturated carbocycles. The Kier molecular flexibility index (Phi) is 11.3. The van der Waals surface area contributed by atoms with Crippen molar-refractivity contribution in [1.82, 2.24) is 0 Å². The van der Waals surface area contributed by atoms with Crippen LogP contribution in [0.25, 0.3) is 0 Å². The van der Waals surface area contributed by atoms with Crippen LogP contribution in [0.3, 0.4) is 0 Å². The van der Waals surface area contributed by atoms with Gasteiger partial charge in [0.15, 0.2) is 0 Å². The average Bonchev–Trinajstić information content (AvgIpc) is 2.11. The average molecular weight is 324 g/mol. The van der Waals surface area contributed by atoms with E-state index in [0.29, 0.717) is 0 Å². The van der Waals surface area contributed by atoms with Gasteiger partial charge in [0.25, 0.3) is 0 Å². The van der Waals surface area contributed by atoms with Crippen LogP contribution in [0.1, 0.15) is 55.4 Å². The SMILES string of the molecule is C=COB(O)O.CC(C)(O)C(C)(C)O.CC(C)(O)C(C)(C)O. The van der Waals surface area contributed by atoms with E-state index in [1.807, 2.05) is 0 Å². The Labute approximate surface area is 134 Å². The molecule has 0 amide bonds. The molecule has 0 saturated heterocycles. The van der Waals surface area contributed by atoms with Crippen molar-refractivity contribution in [2.45, 2.75) is 77.8 Å². The fraction of sp³-hybridized carbons (Fsp3) is 0.857. The van der Waals surface area contributed by atoms with Crippen LogP contribution in [0.4, 0.5) is 0 Å². The highest BCUT2D eigenvalue weighted by molar-refractivity contribution is 6.32. The second-order valence-corrected chi connectivity index (χ2v) is 6.87. The van der Waals surface area contributed by atoms with Crippen LogP contribution < -0.4 is 0 Å². The fourth-order valence-corrected chi connectivity index (χ4v) is 0.0861. The highest BCUT2D eigenvalue weighted by atomic mass is 16.6. The van der Waals surface area contributed by atoms with Gasteiger partial charge in [0.2, 0.25) is 0 Å². The summed E-state index contributed by atoms with van der Waals surface area (Å²) in [5, 5.41) is 52.0. The molecule has 134 valence electrons. The van der Waals surface area contributed by atoms with Gasteiger partial charge in [-0.2, -0.15) is 0 Å². The second-order valence-electron chi connectivity index (χ2n) is 6.87. The maximum atomic E-state index is 9.10. The van der Waals surface area contributed by atoms with Gasteiger partial charge in [-0.15, -0.1) is 0 Å². The minimum Gasteiger partial charge on any atom is -0.519 e. The van der Waals surface area contributed by atoms with E-state index in [9.17, 15) is 0 Å². The van der Waals surface area contributed by atoms with Gasteiger partial charge in [0.1, 0.15) is 0 Å². The van der Waals surface area contributed by atoms with Crippen molar-refractivity contribution in [2.24, 2.45) is 0 Å². The third-order valence-electron chi connectivity index (χ3n) is 3.21. The molecular formula is C14H33BO7. The van der Waals surface area contributed by atoms with Crippen LogP contribution in [0, 0.1) is 0 Å². The molecule has 0 bridgehead atoms. The Hall–Kier alpha value is -0.635. The molecule has 0 aromatic carbocycles. The highest BCUT2D eigenvalue weighted by Crippen LogP contribution is 2.19. The van der Waals surface area contributed by atoms with Crippen LogP contribution in [-0.2, 0) is 4.65 Å².